The van der Waals surface area contributed by atoms with Crippen molar-refractivity contribution in [2.45, 2.75) is 12.2 Å². The van der Waals surface area contributed by atoms with Gasteiger partial charge in [0.05, 0.1) is 13.7 Å². The van der Waals surface area contributed by atoms with Crippen molar-refractivity contribution < 1.29 is 9.53 Å². The Morgan fingerprint density at radius 3 is 2.88 bits per heavy atom. The summed E-state index contributed by atoms with van der Waals surface area (Å²) < 4.78 is 7.44. The molecule has 1 atom stereocenters. The maximum absolute atomic E-state index is 13.1. The van der Waals surface area contributed by atoms with Crippen LogP contribution in [0.4, 0.5) is 0 Å². The zero-order valence-electron chi connectivity index (χ0n) is 13.3. The van der Waals surface area contributed by atoms with Gasteiger partial charge in [-0.3, -0.25) is 10.1 Å². The van der Waals surface area contributed by atoms with Crippen LogP contribution in [-0.4, -0.2) is 35.6 Å². The molecule has 0 aliphatic carbocycles. The second kappa shape index (κ2) is 4.84. The van der Waals surface area contributed by atoms with Gasteiger partial charge in [0.25, 0.3) is 5.91 Å². The molecule has 3 aromatic rings. The first kappa shape index (κ1) is 14.1. The number of nitrogens with one attached hydrogen (secondary N) is 1. The number of amides is 1. The number of methoxy groups -OCH3 is 1. The van der Waals surface area contributed by atoms with Gasteiger partial charge >= 0.3 is 0 Å². The van der Waals surface area contributed by atoms with Crippen LogP contribution in [0.3, 0.4) is 0 Å². The van der Waals surface area contributed by atoms with E-state index >= 15 is 0 Å². The molecule has 4 heterocycles. The molecule has 2 aromatic heterocycles. The normalized spacial score (nSPS) is 22.7. The van der Waals surface area contributed by atoms with Crippen LogP contribution in [0.2, 0.25) is 0 Å². The number of rotatable bonds is 2. The van der Waals surface area contributed by atoms with Gasteiger partial charge in [0, 0.05) is 18.5 Å². The van der Waals surface area contributed by atoms with Crippen LogP contribution in [0.5, 0.6) is 5.75 Å². The van der Waals surface area contributed by atoms with Crippen LogP contribution in [0.25, 0.3) is 10.2 Å². The summed E-state index contributed by atoms with van der Waals surface area (Å²) in [6.45, 7) is 2.25. The Morgan fingerprint density at radius 2 is 2.08 bits per heavy atom. The Balaban J connectivity index is 1.69. The molecule has 1 aromatic carbocycles. The zero-order valence-corrected chi connectivity index (χ0v) is 14.1. The monoisotopic (exact) mass is 339 g/mol. The fourth-order valence-corrected chi connectivity index (χ4v) is 4.87. The van der Waals surface area contributed by atoms with Crippen molar-refractivity contribution in [1.82, 2.24) is 14.8 Å². The van der Waals surface area contributed by atoms with Gasteiger partial charge in [-0.15, -0.1) is 11.3 Å². The molecule has 0 spiro atoms. The minimum atomic E-state index is -0.480. The minimum Gasteiger partial charge on any atom is -0.497 e. The number of fused-ring (bicyclic) bond motifs is 4. The third-order valence-corrected chi connectivity index (χ3v) is 6.09. The van der Waals surface area contributed by atoms with Crippen LogP contribution in [-0.2, 0) is 12.2 Å². The molecule has 0 radical (unpaired) electrons. The highest BCUT2D eigenvalue weighted by molar-refractivity contribution is 7.16. The fourth-order valence-electron chi connectivity index (χ4n) is 3.97. The Labute approximate surface area is 143 Å². The second-order valence-corrected chi connectivity index (χ2v) is 7.16. The summed E-state index contributed by atoms with van der Waals surface area (Å²) in [6.07, 6.45) is 0. The maximum atomic E-state index is 13.1. The van der Waals surface area contributed by atoms with Crippen LogP contribution in [0.1, 0.15) is 16.1 Å². The van der Waals surface area contributed by atoms with Crippen molar-refractivity contribution in [1.29, 1.82) is 0 Å². The second-order valence-electron chi connectivity index (χ2n) is 6.27. The molecule has 2 aliphatic rings. The number of hydrogen-bond acceptors (Lipinski definition) is 4. The van der Waals surface area contributed by atoms with E-state index in [1.807, 2.05) is 23.1 Å². The molecule has 2 aliphatic heterocycles. The third kappa shape index (κ3) is 1.70. The van der Waals surface area contributed by atoms with E-state index in [1.165, 1.54) is 4.83 Å². The minimum absolute atomic E-state index is 0.102. The van der Waals surface area contributed by atoms with Crippen molar-refractivity contribution in [3.63, 3.8) is 0 Å². The largest absolute Gasteiger partial charge is 0.497 e. The number of benzene rings is 1. The Morgan fingerprint density at radius 1 is 1.25 bits per heavy atom. The summed E-state index contributed by atoms with van der Waals surface area (Å²) in [6, 6.07) is 12.1. The molecule has 1 saturated heterocycles. The number of ether oxygens (including phenoxy) is 1. The van der Waals surface area contributed by atoms with Crippen molar-refractivity contribution in [3.05, 3.63) is 53.0 Å². The van der Waals surface area contributed by atoms with Gasteiger partial charge in [-0.2, -0.15) is 0 Å². The van der Waals surface area contributed by atoms with Crippen molar-refractivity contribution in [2.24, 2.45) is 0 Å². The summed E-state index contributed by atoms with van der Waals surface area (Å²) in [4.78, 5) is 16.3. The van der Waals surface area contributed by atoms with E-state index in [4.69, 9.17) is 4.74 Å². The first-order valence-corrected chi connectivity index (χ1v) is 8.89. The van der Waals surface area contributed by atoms with E-state index in [2.05, 4.69) is 33.5 Å². The van der Waals surface area contributed by atoms with Gasteiger partial charge < -0.3 is 14.2 Å². The van der Waals surface area contributed by atoms with Crippen LogP contribution in [0, 0.1) is 0 Å². The number of aromatic nitrogens is 1. The van der Waals surface area contributed by atoms with Gasteiger partial charge in [0.1, 0.15) is 21.9 Å². The average molecular weight is 339 g/mol. The summed E-state index contributed by atoms with van der Waals surface area (Å²) in [5.41, 5.74) is 1.41. The molecule has 5 nitrogen and oxygen atoms in total. The van der Waals surface area contributed by atoms with Crippen LogP contribution >= 0.6 is 11.3 Å². The van der Waals surface area contributed by atoms with E-state index < -0.39 is 5.66 Å². The molecular formula is C18H17N3O2S. The summed E-state index contributed by atoms with van der Waals surface area (Å²) in [5.74, 6) is 0.926. The Hall–Kier alpha value is -2.31. The van der Waals surface area contributed by atoms with E-state index in [0.29, 0.717) is 0 Å². The number of carbonyl (C=O) groups excluding carboxylic acids is 1. The lowest BCUT2D eigenvalue weighted by Gasteiger charge is -2.43. The molecular weight excluding hydrogens is 322 g/mol. The van der Waals surface area contributed by atoms with Gasteiger partial charge in [-0.05, 0) is 35.2 Å². The highest BCUT2D eigenvalue weighted by atomic mass is 32.1. The zero-order chi connectivity index (χ0) is 16.3. The summed E-state index contributed by atoms with van der Waals surface area (Å²) in [5, 5.41) is 6.82. The van der Waals surface area contributed by atoms with Crippen molar-refractivity contribution >= 4 is 27.5 Å². The van der Waals surface area contributed by atoms with Gasteiger partial charge in [0.2, 0.25) is 0 Å². The molecule has 1 unspecified atom stereocenters. The van der Waals surface area contributed by atoms with E-state index in [0.717, 1.165) is 42.0 Å². The van der Waals surface area contributed by atoms with Crippen LogP contribution < -0.4 is 10.1 Å². The van der Waals surface area contributed by atoms with Gasteiger partial charge in [-0.25, -0.2) is 0 Å². The highest BCUT2D eigenvalue weighted by Crippen LogP contribution is 2.40. The Bertz CT molecular complexity index is 943. The predicted molar refractivity (Wildman–Crippen MR) is 93.5 cm³/mol. The number of nitrogens with zero attached hydrogens (tertiary/aromatic N) is 2. The fraction of sp³-hybridized carbons (Fsp3) is 0.278. The maximum Gasteiger partial charge on any atom is 0.272 e. The number of thiophene rings is 1. The SMILES string of the molecule is COc1ccc(C23Cn4c(cc5ccsc54)C(=O)N2CCN3)cc1. The van der Waals surface area contributed by atoms with Crippen LogP contribution in [0.15, 0.2) is 41.8 Å². The lowest BCUT2D eigenvalue weighted by atomic mass is 9.96. The molecule has 122 valence electrons. The Kier molecular flexibility index (Phi) is 2.84. The molecule has 6 heteroatoms. The lowest BCUT2D eigenvalue weighted by molar-refractivity contribution is 0.0405. The number of carbonyl (C=O) groups is 1. The summed E-state index contributed by atoms with van der Waals surface area (Å²) >= 11 is 1.69. The average Bonchev–Trinajstić information content (AvgIpc) is 3.30. The smallest absolute Gasteiger partial charge is 0.272 e. The molecule has 24 heavy (non-hydrogen) atoms. The predicted octanol–water partition coefficient (Wildman–Crippen LogP) is 2.62. The molecule has 1 amide bonds. The van der Waals surface area contributed by atoms with Gasteiger partial charge in [0.15, 0.2) is 0 Å². The molecule has 1 fully saturated rings. The molecule has 5 rings (SSSR count). The van der Waals surface area contributed by atoms with Crippen molar-refractivity contribution in [2.75, 3.05) is 20.2 Å². The molecule has 0 bridgehead atoms. The van der Waals surface area contributed by atoms with Gasteiger partial charge in [-0.1, -0.05) is 12.1 Å². The first-order valence-electron chi connectivity index (χ1n) is 8.01. The van der Waals surface area contributed by atoms with E-state index in [-0.39, 0.29) is 5.91 Å². The quantitative estimate of drug-likeness (QED) is 0.781. The lowest BCUT2D eigenvalue weighted by Crippen LogP contribution is -2.57. The molecule has 0 saturated carbocycles. The van der Waals surface area contributed by atoms with E-state index in [1.54, 1.807) is 18.4 Å². The first-order chi connectivity index (χ1) is 11.7. The van der Waals surface area contributed by atoms with Crippen molar-refractivity contribution in [3.8, 4) is 5.75 Å². The standard InChI is InChI=1S/C18H17N3O2S/c1-23-14-4-2-13(3-5-14)18-11-20-15(10-12-6-9-24-17(12)20)16(22)21(18)8-7-19-18/h2-6,9-10,19H,7-8,11H2,1H3. The summed E-state index contributed by atoms with van der Waals surface area (Å²) in [7, 11) is 1.66. The third-order valence-electron chi connectivity index (χ3n) is 5.13. The molecule has 1 N–H and O–H groups in total. The topological polar surface area (TPSA) is 46.5 Å². The number of hydrogen-bond donors (Lipinski definition) is 1. The highest BCUT2D eigenvalue weighted by Gasteiger charge is 2.49. The van der Waals surface area contributed by atoms with E-state index in [9.17, 15) is 4.79 Å².